The van der Waals surface area contributed by atoms with E-state index in [0.29, 0.717) is 44.3 Å². The van der Waals surface area contributed by atoms with Crippen LogP contribution in [0.3, 0.4) is 0 Å². The summed E-state index contributed by atoms with van der Waals surface area (Å²) in [4.78, 5) is 33.7. The van der Waals surface area contributed by atoms with Gasteiger partial charge in [-0.25, -0.2) is 9.97 Å². The summed E-state index contributed by atoms with van der Waals surface area (Å²) in [7, 11) is 3.58. The molecule has 4 aromatic rings. The number of carbonyl (C=O) groups excluding carboxylic acids is 1. The largest absolute Gasteiger partial charge is 0.508 e. The molecule has 0 bridgehead atoms. The number of ketones is 1. The number of rotatable bonds is 16. The van der Waals surface area contributed by atoms with Gasteiger partial charge in [0, 0.05) is 67.9 Å². The zero-order valence-corrected chi connectivity index (χ0v) is 41.6. The van der Waals surface area contributed by atoms with E-state index in [4.69, 9.17) is 22.3 Å². The minimum Gasteiger partial charge on any atom is -0.508 e. The molecule has 1 aromatic heterocycles. The van der Waals surface area contributed by atoms with E-state index in [9.17, 15) is 15.0 Å². The maximum absolute atomic E-state index is 12.8. The summed E-state index contributed by atoms with van der Waals surface area (Å²) in [6, 6.07) is 17.1. The van der Waals surface area contributed by atoms with Crippen LogP contribution in [0.15, 0.2) is 82.3 Å². The van der Waals surface area contributed by atoms with Gasteiger partial charge >= 0.3 is 0 Å². The van der Waals surface area contributed by atoms with E-state index in [-0.39, 0.29) is 34.6 Å². The molecule has 2 aliphatic rings. The van der Waals surface area contributed by atoms with Crippen LogP contribution < -0.4 is 26.2 Å². The summed E-state index contributed by atoms with van der Waals surface area (Å²) in [5.74, 6) is 2.49. The number of carbonyl (C=O) groups is 1. The number of hydrogen-bond donors (Lipinski definition) is 5. The van der Waals surface area contributed by atoms with Crippen LogP contribution in [0.1, 0.15) is 110 Å². The smallest absolute Gasteiger partial charge is 0.195 e. The lowest BCUT2D eigenvalue weighted by atomic mass is 9.90. The number of nitrogen functional groups attached to an aromatic ring is 1. The number of aromatic nitrogens is 2. The van der Waals surface area contributed by atoms with Crippen LogP contribution in [0.4, 0.5) is 23.0 Å². The van der Waals surface area contributed by atoms with E-state index in [1.807, 2.05) is 57.4 Å². The number of hydrogen-bond acceptors (Lipinski definition) is 12. The number of piperidine rings is 2. The zero-order valence-electron chi connectivity index (χ0n) is 40.0. The quantitative estimate of drug-likeness (QED) is 0.0536. The summed E-state index contributed by atoms with van der Waals surface area (Å²) in [5.41, 5.74) is 10.8. The average Bonchev–Trinajstić information content (AvgIpc) is 3.29. The number of amidine groups is 1. The number of aromatic hydroxyl groups is 2. The van der Waals surface area contributed by atoms with Gasteiger partial charge in [-0.3, -0.25) is 19.6 Å². The molecule has 0 unspecified atom stereocenters. The summed E-state index contributed by atoms with van der Waals surface area (Å²) in [5, 5.41) is 29.6. The van der Waals surface area contributed by atoms with Crippen LogP contribution in [0, 0.1) is 11.8 Å². The number of phenolic OH excluding ortho intramolecular Hbond substituents is 2. The Morgan fingerprint density at radius 1 is 1.05 bits per heavy atom. The molecular weight excluding hydrogens is 854 g/mol. The SMILES string of the molecule is C=C(c1cc(C(C)C)c(O)cc1O)N(C(=NC)C(C)=O)c1ccc(CN2CCC(CNc3cccc(Sc4ncc(N5CCC(C)(NC)CC5)nc4N)c3Cl)CC2)cc1.CCC(C)CC. The first kappa shape index (κ1) is 51.2. The lowest BCUT2D eigenvalue weighted by molar-refractivity contribution is -0.111. The first-order chi connectivity index (χ1) is 31.0. The standard InChI is InChI=1S/C45H58ClN9O3S.C6H14/c1-28(2)34-23-35(38(58)24-37(34)57)29(3)55(43(48-6)30(4)56)33-13-11-32(12-14-33)27-53-19-15-31(16-20-53)25-50-36-9-8-10-39(41(36)46)59-44-42(47)52-40(26-51-44)54-21-17-45(5,49-7)18-22-54;1-4-6(3)5-2/h8-14,23-24,26,28,31,49-50,57-58H,3,15-22,25,27H2,1-2,4-7H3,(H2,47,52);6H,4-5H2,1-3H3. The summed E-state index contributed by atoms with van der Waals surface area (Å²) < 4.78 is 0. The number of halogens is 1. The fraction of sp³-hybridized carbons (Fsp3) is 0.490. The third-order valence-electron chi connectivity index (χ3n) is 13.1. The van der Waals surface area contributed by atoms with Gasteiger partial charge in [-0.2, -0.15) is 0 Å². The second-order valence-corrected chi connectivity index (χ2v) is 19.5. The Labute approximate surface area is 397 Å². The molecule has 2 aliphatic heterocycles. The number of aliphatic imine (C=N–C) groups is 1. The van der Waals surface area contributed by atoms with Gasteiger partial charge in [-0.15, -0.1) is 0 Å². The number of anilines is 4. The minimum atomic E-state index is -0.238. The molecule has 0 spiro atoms. The third kappa shape index (κ3) is 13.4. The van der Waals surface area contributed by atoms with E-state index in [1.54, 1.807) is 18.0 Å². The molecular formula is C51H72ClN9O3S. The van der Waals surface area contributed by atoms with Crippen LogP contribution in [-0.2, 0) is 11.3 Å². The van der Waals surface area contributed by atoms with E-state index < -0.39 is 0 Å². The fourth-order valence-corrected chi connectivity index (χ4v) is 9.17. The lowest BCUT2D eigenvalue weighted by Crippen LogP contribution is -2.50. The van der Waals surface area contributed by atoms with Crippen molar-refractivity contribution in [3.05, 3.63) is 89.1 Å². The van der Waals surface area contributed by atoms with Crippen molar-refractivity contribution in [2.45, 2.75) is 115 Å². The molecule has 65 heavy (non-hydrogen) atoms. The maximum Gasteiger partial charge on any atom is 0.195 e. The zero-order chi connectivity index (χ0) is 47.4. The monoisotopic (exact) mass is 926 g/mol. The van der Waals surface area contributed by atoms with E-state index in [1.165, 1.54) is 37.6 Å². The highest BCUT2D eigenvalue weighted by atomic mass is 35.5. The number of benzene rings is 3. The Morgan fingerprint density at radius 2 is 1.71 bits per heavy atom. The number of Topliss-reactive ketones (excluding diaryl/α,β-unsaturated/α-hetero) is 1. The van der Waals surface area contributed by atoms with Crippen LogP contribution in [0.2, 0.25) is 5.02 Å². The van der Waals surface area contributed by atoms with Gasteiger partial charge in [0.1, 0.15) is 22.3 Å². The van der Waals surface area contributed by atoms with Crippen LogP contribution in [0.25, 0.3) is 5.70 Å². The van der Waals surface area contributed by atoms with Gasteiger partial charge in [0.2, 0.25) is 0 Å². The van der Waals surface area contributed by atoms with Gasteiger partial charge in [-0.1, -0.05) is 95.6 Å². The highest BCUT2D eigenvalue weighted by Gasteiger charge is 2.30. The maximum atomic E-state index is 12.8. The van der Waals surface area contributed by atoms with E-state index in [0.717, 1.165) is 92.8 Å². The number of nitrogens with zero attached hydrogens (tertiary/aromatic N) is 6. The Morgan fingerprint density at radius 3 is 2.26 bits per heavy atom. The molecule has 14 heteroatoms. The van der Waals surface area contributed by atoms with Gasteiger partial charge < -0.3 is 31.5 Å². The van der Waals surface area contributed by atoms with Crippen molar-refractivity contribution in [2.75, 3.05) is 67.7 Å². The predicted molar refractivity (Wildman–Crippen MR) is 273 cm³/mol. The van der Waals surface area contributed by atoms with Gasteiger partial charge in [-0.05, 0) is 112 Å². The molecule has 12 nitrogen and oxygen atoms in total. The highest BCUT2D eigenvalue weighted by molar-refractivity contribution is 7.99. The van der Waals surface area contributed by atoms with Crippen LogP contribution >= 0.6 is 23.4 Å². The van der Waals surface area contributed by atoms with Crippen molar-refractivity contribution in [3.8, 4) is 11.5 Å². The van der Waals surface area contributed by atoms with Crippen molar-refractivity contribution in [2.24, 2.45) is 16.8 Å². The van der Waals surface area contributed by atoms with Crippen LogP contribution in [-0.4, -0.2) is 89.1 Å². The van der Waals surface area contributed by atoms with Gasteiger partial charge in [0.25, 0.3) is 0 Å². The molecule has 0 saturated carbocycles. The third-order valence-corrected chi connectivity index (χ3v) is 14.7. The molecule has 2 fully saturated rings. The predicted octanol–water partition coefficient (Wildman–Crippen LogP) is 10.8. The molecule has 6 N–H and O–H groups in total. The molecule has 0 aliphatic carbocycles. The molecule has 2 saturated heterocycles. The first-order valence-corrected chi connectivity index (χ1v) is 24.3. The molecule has 352 valence electrons. The van der Waals surface area contributed by atoms with Gasteiger partial charge in [0.15, 0.2) is 17.4 Å². The second-order valence-electron chi connectivity index (χ2n) is 18.1. The Bertz CT molecular complexity index is 2250. The molecule has 3 heterocycles. The Balaban J connectivity index is 0.00000124. The van der Waals surface area contributed by atoms with E-state index in [2.05, 4.69) is 76.8 Å². The minimum absolute atomic E-state index is 0.00993. The Kier molecular flexibility index (Phi) is 18.6. The fourth-order valence-electron chi connectivity index (χ4n) is 8.05. The van der Waals surface area contributed by atoms with Crippen molar-refractivity contribution < 1.29 is 15.0 Å². The molecule has 6 rings (SSSR count). The molecule has 0 amide bonds. The van der Waals surface area contributed by atoms with Gasteiger partial charge in [0.05, 0.1) is 22.6 Å². The topological polar surface area (TPSA) is 155 Å². The van der Waals surface area contributed by atoms with E-state index >= 15 is 0 Å². The van der Waals surface area contributed by atoms with Crippen molar-refractivity contribution in [1.82, 2.24) is 20.2 Å². The number of nitrogens with two attached hydrogens (primary N) is 1. The van der Waals surface area contributed by atoms with Crippen molar-refractivity contribution in [3.63, 3.8) is 0 Å². The molecule has 3 aromatic carbocycles. The Hall–Kier alpha value is -4.82. The summed E-state index contributed by atoms with van der Waals surface area (Å²) >= 11 is 8.37. The molecule has 0 radical (unpaired) electrons. The van der Waals surface area contributed by atoms with Crippen molar-refractivity contribution >= 4 is 63.7 Å². The summed E-state index contributed by atoms with van der Waals surface area (Å²) in [6.07, 6.45) is 8.64. The average molecular weight is 927 g/mol. The summed E-state index contributed by atoms with van der Waals surface area (Å²) in [6.45, 7) is 24.0. The first-order valence-electron chi connectivity index (χ1n) is 23.1. The molecule has 0 atom stereocenters. The number of nitrogens with one attached hydrogen (secondary N) is 2. The number of likely N-dealkylation sites (tertiary alicyclic amines) is 1. The second kappa shape index (κ2) is 23.6. The van der Waals surface area contributed by atoms with Crippen LogP contribution in [0.5, 0.6) is 11.5 Å². The number of phenols is 2. The highest BCUT2D eigenvalue weighted by Crippen LogP contribution is 2.40. The van der Waals surface area contributed by atoms with Crippen molar-refractivity contribution in [1.29, 1.82) is 0 Å². The lowest BCUT2D eigenvalue weighted by Gasteiger charge is -2.39. The normalized spacial score (nSPS) is 15.8.